The zero-order chi connectivity index (χ0) is 18.4. The van der Waals surface area contributed by atoms with Gasteiger partial charge in [0.05, 0.1) is 25.6 Å². The standard InChI is InChI=1S/C19H19N3O3S/c1-24-15-4-5-17(25-2)16(11-15)22-18(23)6-3-14-12-26-19(21-14)13-7-9-20-10-8-13/h4-5,7-12H,3,6H2,1-2H3,(H,22,23). The number of hydrogen-bond acceptors (Lipinski definition) is 6. The average molecular weight is 369 g/mol. The highest BCUT2D eigenvalue weighted by molar-refractivity contribution is 7.13. The van der Waals surface area contributed by atoms with Crippen molar-refractivity contribution < 1.29 is 14.3 Å². The summed E-state index contributed by atoms with van der Waals surface area (Å²) in [5.41, 5.74) is 2.52. The Bertz CT molecular complexity index is 881. The topological polar surface area (TPSA) is 73.3 Å². The summed E-state index contributed by atoms with van der Waals surface area (Å²) in [6, 6.07) is 9.12. The van der Waals surface area contributed by atoms with Crippen molar-refractivity contribution in [3.8, 4) is 22.1 Å². The molecule has 6 nitrogen and oxygen atoms in total. The number of rotatable bonds is 7. The van der Waals surface area contributed by atoms with Gasteiger partial charge in [0.15, 0.2) is 0 Å². The molecule has 3 aromatic rings. The molecule has 0 aliphatic heterocycles. The van der Waals surface area contributed by atoms with Gasteiger partial charge in [-0.25, -0.2) is 4.98 Å². The van der Waals surface area contributed by atoms with Crippen LogP contribution in [0.5, 0.6) is 11.5 Å². The summed E-state index contributed by atoms with van der Waals surface area (Å²) in [6.07, 6.45) is 4.39. The molecule has 1 amide bonds. The van der Waals surface area contributed by atoms with E-state index in [-0.39, 0.29) is 5.91 Å². The van der Waals surface area contributed by atoms with Gasteiger partial charge < -0.3 is 14.8 Å². The number of amides is 1. The first-order chi connectivity index (χ1) is 12.7. The highest BCUT2D eigenvalue weighted by Crippen LogP contribution is 2.29. The van der Waals surface area contributed by atoms with Crippen LogP contribution in [0.4, 0.5) is 5.69 Å². The van der Waals surface area contributed by atoms with E-state index >= 15 is 0 Å². The first kappa shape index (κ1) is 17.9. The normalized spacial score (nSPS) is 10.4. The van der Waals surface area contributed by atoms with Crippen LogP contribution in [0.3, 0.4) is 0 Å². The lowest BCUT2D eigenvalue weighted by Crippen LogP contribution is -2.13. The number of carbonyl (C=O) groups excluding carboxylic acids is 1. The molecule has 0 aliphatic carbocycles. The van der Waals surface area contributed by atoms with Crippen LogP contribution in [-0.4, -0.2) is 30.1 Å². The molecule has 2 heterocycles. The van der Waals surface area contributed by atoms with Crippen molar-refractivity contribution in [2.75, 3.05) is 19.5 Å². The predicted octanol–water partition coefficient (Wildman–Crippen LogP) is 3.79. The van der Waals surface area contributed by atoms with Gasteiger partial charge in [-0.15, -0.1) is 11.3 Å². The number of carbonyl (C=O) groups is 1. The van der Waals surface area contributed by atoms with Crippen molar-refractivity contribution >= 4 is 22.9 Å². The molecule has 0 saturated carbocycles. The van der Waals surface area contributed by atoms with Crippen LogP contribution < -0.4 is 14.8 Å². The van der Waals surface area contributed by atoms with E-state index in [0.29, 0.717) is 30.0 Å². The van der Waals surface area contributed by atoms with Gasteiger partial charge in [-0.2, -0.15) is 0 Å². The number of benzene rings is 1. The van der Waals surface area contributed by atoms with Crippen molar-refractivity contribution in [2.45, 2.75) is 12.8 Å². The number of nitrogens with one attached hydrogen (secondary N) is 1. The lowest BCUT2D eigenvalue weighted by molar-refractivity contribution is -0.116. The number of aromatic nitrogens is 2. The Balaban J connectivity index is 1.61. The fourth-order valence-electron chi connectivity index (χ4n) is 2.41. The van der Waals surface area contributed by atoms with Crippen LogP contribution >= 0.6 is 11.3 Å². The molecule has 0 aliphatic rings. The number of pyridine rings is 1. The first-order valence-corrected chi connectivity index (χ1v) is 8.94. The third-order valence-corrected chi connectivity index (χ3v) is 4.71. The zero-order valence-electron chi connectivity index (χ0n) is 14.6. The van der Waals surface area contributed by atoms with Gasteiger partial charge in [-0.1, -0.05) is 0 Å². The summed E-state index contributed by atoms with van der Waals surface area (Å²) < 4.78 is 10.5. The maximum absolute atomic E-state index is 12.3. The molecule has 0 unspecified atom stereocenters. The Kier molecular flexibility index (Phi) is 5.80. The number of hydrogen-bond donors (Lipinski definition) is 1. The number of anilines is 1. The van der Waals surface area contributed by atoms with E-state index < -0.39 is 0 Å². The Morgan fingerprint density at radius 1 is 1.15 bits per heavy atom. The molecule has 0 fully saturated rings. The minimum absolute atomic E-state index is 0.102. The van der Waals surface area contributed by atoms with Crippen LogP contribution in [0.1, 0.15) is 12.1 Å². The van der Waals surface area contributed by atoms with Crippen molar-refractivity contribution in [1.29, 1.82) is 0 Å². The third-order valence-electron chi connectivity index (χ3n) is 3.77. The van der Waals surface area contributed by atoms with Crippen molar-refractivity contribution in [3.63, 3.8) is 0 Å². The van der Waals surface area contributed by atoms with Gasteiger partial charge >= 0.3 is 0 Å². The average Bonchev–Trinajstić information content (AvgIpc) is 3.16. The lowest BCUT2D eigenvalue weighted by Gasteiger charge is -2.11. The van der Waals surface area contributed by atoms with Gasteiger partial charge in [0, 0.05) is 35.8 Å². The van der Waals surface area contributed by atoms with E-state index in [1.807, 2.05) is 17.5 Å². The SMILES string of the molecule is COc1ccc(OC)c(NC(=O)CCc2csc(-c3ccncc3)n2)c1. The molecule has 0 atom stereocenters. The molecule has 1 aromatic carbocycles. The molecule has 0 radical (unpaired) electrons. The molecule has 1 N–H and O–H groups in total. The summed E-state index contributed by atoms with van der Waals surface area (Å²) in [6.45, 7) is 0. The quantitative estimate of drug-likeness (QED) is 0.686. The van der Waals surface area contributed by atoms with E-state index in [1.165, 1.54) is 0 Å². The molecular weight excluding hydrogens is 350 g/mol. The number of methoxy groups -OCH3 is 2. The molecule has 3 rings (SSSR count). The molecule has 26 heavy (non-hydrogen) atoms. The van der Waals surface area contributed by atoms with Crippen LogP contribution in [0.25, 0.3) is 10.6 Å². The minimum atomic E-state index is -0.102. The fourth-order valence-corrected chi connectivity index (χ4v) is 3.28. The number of ether oxygens (including phenoxy) is 2. The Morgan fingerprint density at radius 2 is 1.96 bits per heavy atom. The summed E-state index contributed by atoms with van der Waals surface area (Å²) >= 11 is 1.56. The van der Waals surface area contributed by atoms with Gasteiger partial charge in [0.25, 0.3) is 0 Å². The first-order valence-electron chi connectivity index (χ1n) is 8.06. The smallest absolute Gasteiger partial charge is 0.224 e. The van der Waals surface area contributed by atoms with Crippen LogP contribution in [0, 0.1) is 0 Å². The zero-order valence-corrected chi connectivity index (χ0v) is 15.4. The Morgan fingerprint density at radius 3 is 2.69 bits per heavy atom. The fraction of sp³-hybridized carbons (Fsp3) is 0.211. The molecule has 0 saturated heterocycles. The lowest BCUT2D eigenvalue weighted by atomic mass is 10.2. The number of thiazole rings is 1. The Labute approximate surface area is 155 Å². The highest BCUT2D eigenvalue weighted by atomic mass is 32.1. The van der Waals surface area contributed by atoms with Crippen molar-refractivity contribution in [1.82, 2.24) is 9.97 Å². The molecule has 0 spiro atoms. The van der Waals surface area contributed by atoms with Crippen LogP contribution in [0.15, 0.2) is 48.1 Å². The van der Waals surface area contributed by atoms with Gasteiger partial charge in [-0.3, -0.25) is 9.78 Å². The maximum Gasteiger partial charge on any atom is 0.224 e. The minimum Gasteiger partial charge on any atom is -0.497 e. The second-order valence-electron chi connectivity index (χ2n) is 5.49. The maximum atomic E-state index is 12.3. The molecule has 2 aromatic heterocycles. The van der Waals surface area contributed by atoms with E-state index in [4.69, 9.17) is 9.47 Å². The summed E-state index contributed by atoms with van der Waals surface area (Å²) in [7, 11) is 3.14. The predicted molar refractivity (Wildman–Crippen MR) is 102 cm³/mol. The van der Waals surface area contributed by atoms with E-state index in [0.717, 1.165) is 16.3 Å². The summed E-state index contributed by atoms with van der Waals surface area (Å²) in [4.78, 5) is 20.9. The van der Waals surface area contributed by atoms with Gasteiger partial charge in [0.1, 0.15) is 16.5 Å². The third kappa shape index (κ3) is 4.37. The largest absolute Gasteiger partial charge is 0.497 e. The van der Waals surface area contributed by atoms with E-state index in [9.17, 15) is 4.79 Å². The van der Waals surface area contributed by atoms with Gasteiger partial charge in [-0.05, 0) is 30.7 Å². The van der Waals surface area contributed by atoms with Crippen LogP contribution in [0.2, 0.25) is 0 Å². The van der Waals surface area contributed by atoms with E-state index in [1.54, 1.807) is 56.1 Å². The molecular formula is C19H19N3O3S. The van der Waals surface area contributed by atoms with Crippen molar-refractivity contribution in [3.05, 3.63) is 53.8 Å². The Hall–Kier alpha value is -2.93. The molecule has 134 valence electrons. The number of aryl methyl sites for hydroxylation is 1. The van der Waals surface area contributed by atoms with Crippen LogP contribution in [-0.2, 0) is 11.2 Å². The van der Waals surface area contributed by atoms with E-state index in [2.05, 4.69) is 15.3 Å². The summed E-state index contributed by atoms with van der Waals surface area (Å²) in [5.74, 6) is 1.14. The monoisotopic (exact) mass is 369 g/mol. The number of nitrogens with zero attached hydrogens (tertiary/aromatic N) is 2. The molecule has 7 heteroatoms. The second kappa shape index (κ2) is 8.44. The van der Waals surface area contributed by atoms with Crippen molar-refractivity contribution in [2.24, 2.45) is 0 Å². The second-order valence-corrected chi connectivity index (χ2v) is 6.35. The molecule has 0 bridgehead atoms. The summed E-state index contributed by atoms with van der Waals surface area (Å²) in [5, 5.41) is 5.78. The highest BCUT2D eigenvalue weighted by Gasteiger charge is 2.11. The van der Waals surface area contributed by atoms with Gasteiger partial charge in [0.2, 0.25) is 5.91 Å².